The second-order valence-corrected chi connectivity index (χ2v) is 10.4. The van der Waals surface area contributed by atoms with Gasteiger partial charge in [0.15, 0.2) is 0 Å². The number of hydrogen-bond donors (Lipinski definition) is 1. The predicted octanol–water partition coefficient (Wildman–Crippen LogP) is 4.92. The molecule has 0 bridgehead atoms. The van der Waals surface area contributed by atoms with Crippen LogP contribution >= 0.6 is 0 Å². The number of nitrogens with zero attached hydrogens (tertiary/aromatic N) is 3. The molecule has 1 aromatic heterocycles. The first kappa shape index (κ1) is 26.5. The molecule has 11 heteroatoms. The second-order valence-electron chi connectivity index (χ2n) is 10.4. The summed E-state index contributed by atoms with van der Waals surface area (Å²) in [5.74, 6) is -5.96. The minimum Gasteiger partial charge on any atom is -0.390 e. The number of piperidine rings is 1. The van der Waals surface area contributed by atoms with E-state index in [1.165, 1.54) is 23.1 Å². The number of amides is 1. The van der Waals surface area contributed by atoms with E-state index in [2.05, 4.69) is 0 Å². The first-order chi connectivity index (χ1) is 16.6. The maximum atomic E-state index is 14.6. The third-order valence-corrected chi connectivity index (χ3v) is 7.33. The number of halogens is 6. The van der Waals surface area contributed by atoms with Crippen LogP contribution in [0, 0.1) is 5.82 Å². The molecule has 200 valence electrons. The summed E-state index contributed by atoms with van der Waals surface area (Å²) in [5, 5.41) is 9.93. The van der Waals surface area contributed by atoms with Crippen LogP contribution in [0.5, 0.6) is 0 Å². The first-order valence-electron chi connectivity index (χ1n) is 11.7. The quantitative estimate of drug-likeness (QED) is 0.584. The van der Waals surface area contributed by atoms with Crippen LogP contribution in [0.2, 0.25) is 0 Å². The first-order valence-corrected chi connectivity index (χ1v) is 11.7. The third-order valence-electron chi connectivity index (χ3n) is 7.33. The molecule has 1 amide bonds. The highest BCUT2D eigenvalue weighted by Gasteiger charge is 2.61. The number of carbonyl (C=O) groups excluding carboxylic acids is 1. The van der Waals surface area contributed by atoms with Gasteiger partial charge in [-0.2, -0.15) is 22.0 Å². The number of likely N-dealkylation sites (N-methyl/N-ethyl adjacent to an activating group) is 1. The molecule has 0 radical (unpaired) electrons. The van der Waals surface area contributed by atoms with Gasteiger partial charge in [-0.1, -0.05) is 6.07 Å². The van der Waals surface area contributed by atoms with Crippen molar-refractivity contribution < 1.29 is 37.7 Å². The molecule has 2 aliphatic rings. The zero-order valence-corrected chi connectivity index (χ0v) is 20.3. The molecule has 3 heterocycles. The van der Waals surface area contributed by atoms with Crippen molar-refractivity contribution in [3.63, 3.8) is 0 Å². The van der Waals surface area contributed by atoms with E-state index in [1.54, 1.807) is 20.9 Å². The van der Waals surface area contributed by atoms with Gasteiger partial charge in [0.2, 0.25) is 0 Å². The van der Waals surface area contributed by atoms with Gasteiger partial charge in [0, 0.05) is 45.3 Å². The Bertz CT molecular complexity index is 1150. The summed E-state index contributed by atoms with van der Waals surface area (Å²) in [5.41, 5.74) is -2.16. The zero-order chi connectivity index (χ0) is 26.7. The van der Waals surface area contributed by atoms with Crippen molar-refractivity contribution in [3.8, 4) is 0 Å². The van der Waals surface area contributed by atoms with Crippen LogP contribution in [0.4, 0.5) is 26.3 Å². The molecule has 36 heavy (non-hydrogen) atoms. The number of alkyl halides is 5. The Morgan fingerprint density at radius 1 is 1.03 bits per heavy atom. The molecule has 0 atom stereocenters. The predicted molar refractivity (Wildman–Crippen MR) is 122 cm³/mol. The summed E-state index contributed by atoms with van der Waals surface area (Å²) >= 11 is 0. The molecule has 1 spiro atoms. The summed E-state index contributed by atoms with van der Waals surface area (Å²) in [6.07, 6.45) is -4.96. The highest BCUT2D eigenvalue weighted by atomic mass is 19.4. The van der Waals surface area contributed by atoms with Gasteiger partial charge in [-0.05, 0) is 63.6 Å². The topological polar surface area (TPSA) is 48.7 Å². The van der Waals surface area contributed by atoms with Gasteiger partial charge in [0.1, 0.15) is 5.82 Å². The lowest BCUT2D eigenvalue weighted by atomic mass is 9.81. The van der Waals surface area contributed by atoms with Crippen molar-refractivity contribution >= 4 is 5.91 Å². The van der Waals surface area contributed by atoms with E-state index in [1.807, 2.05) is 4.90 Å². The Hall–Kier alpha value is -2.53. The summed E-state index contributed by atoms with van der Waals surface area (Å²) in [6, 6.07) is 6.28. The van der Waals surface area contributed by atoms with Crippen molar-refractivity contribution in [2.24, 2.45) is 0 Å². The van der Waals surface area contributed by atoms with E-state index in [-0.39, 0.29) is 45.2 Å². The monoisotopic (exact) mass is 519 g/mol. The lowest BCUT2D eigenvalue weighted by Crippen LogP contribution is -2.57. The largest absolute Gasteiger partial charge is 0.459 e. The normalized spacial score (nSPS) is 19.0. The Balaban J connectivity index is 0.00000380. The molecule has 1 N–H and O–H groups in total. The molecule has 5 nitrogen and oxygen atoms in total. The fourth-order valence-electron chi connectivity index (χ4n) is 5.38. The number of hydrogen-bond acceptors (Lipinski definition) is 3. The third kappa shape index (κ3) is 4.51. The maximum Gasteiger partial charge on any atom is 0.459 e. The van der Waals surface area contributed by atoms with E-state index in [0.717, 1.165) is 16.7 Å². The molecule has 0 unspecified atom stereocenters. The Morgan fingerprint density at radius 3 is 2.22 bits per heavy atom. The van der Waals surface area contributed by atoms with Crippen LogP contribution < -0.4 is 0 Å². The molecular weight excluding hydrogens is 488 g/mol. The molecule has 2 aliphatic heterocycles. The van der Waals surface area contributed by atoms with Crippen LogP contribution in [0.25, 0.3) is 0 Å². The Labute approximate surface area is 206 Å². The molecule has 1 aromatic carbocycles. The molecule has 0 saturated carbocycles. The maximum absolute atomic E-state index is 14.6. The van der Waals surface area contributed by atoms with Crippen molar-refractivity contribution in [2.75, 3.05) is 26.7 Å². The van der Waals surface area contributed by atoms with Gasteiger partial charge in [-0.15, -0.1) is 0 Å². The summed E-state index contributed by atoms with van der Waals surface area (Å²) < 4.78 is 83.2. The number of aliphatic hydroxyl groups is 1. The number of fused-ring (bicyclic) bond motifs is 2. The van der Waals surface area contributed by atoms with E-state index < -0.39 is 40.7 Å². The average Bonchev–Trinajstić information content (AvgIpc) is 3.22. The zero-order valence-electron chi connectivity index (χ0n) is 20.3. The van der Waals surface area contributed by atoms with Gasteiger partial charge >= 0.3 is 12.1 Å². The van der Waals surface area contributed by atoms with E-state index in [0.29, 0.717) is 18.5 Å². The number of likely N-dealkylation sites (tertiary alicyclic amines) is 1. The van der Waals surface area contributed by atoms with Gasteiger partial charge in [-0.25, -0.2) is 4.39 Å². The summed E-state index contributed by atoms with van der Waals surface area (Å²) in [7, 11) is 1.80. The van der Waals surface area contributed by atoms with Crippen LogP contribution in [-0.4, -0.2) is 63.8 Å². The van der Waals surface area contributed by atoms with Gasteiger partial charge < -0.3 is 14.6 Å². The highest BCUT2D eigenvalue weighted by Crippen LogP contribution is 2.48. The average molecular weight is 520 g/mol. The van der Waals surface area contributed by atoms with Crippen LogP contribution in [0.3, 0.4) is 0 Å². The number of benzene rings is 1. The second kappa shape index (κ2) is 8.79. The standard InChI is InChI=1S/C25H29F6N3O2.H2/c1-22(2,36)15-17-5-4-16(14-18(17)26)21(35)33-10-8-23(9-11-33)19-6-7-20(24(27,28)25(29,30)31)34(19)13-12-32(23)3;/h4-7,14,36H,8-13,15H2,1-3H3;1H. The minimum absolute atomic E-state index is 0. The molecule has 4 rings (SSSR count). The lowest BCUT2D eigenvalue weighted by molar-refractivity contribution is -0.292. The van der Waals surface area contributed by atoms with Crippen LogP contribution in [0.1, 0.15) is 55.4 Å². The number of aromatic nitrogens is 1. The van der Waals surface area contributed by atoms with Gasteiger partial charge in [-0.3, -0.25) is 9.69 Å². The van der Waals surface area contributed by atoms with E-state index >= 15 is 0 Å². The lowest BCUT2D eigenvalue weighted by Gasteiger charge is -2.50. The number of rotatable bonds is 4. The van der Waals surface area contributed by atoms with Gasteiger partial charge in [0.25, 0.3) is 5.91 Å². The number of carbonyl (C=O) groups is 1. The van der Waals surface area contributed by atoms with Crippen LogP contribution in [0.15, 0.2) is 30.3 Å². The Kier molecular flexibility index (Phi) is 6.48. The minimum atomic E-state index is -5.70. The van der Waals surface area contributed by atoms with E-state index in [4.69, 9.17) is 0 Å². The van der Waals surface area contributed by atoms with Gasteiger partial charge in [0.05, 0.1) is 16.8 Å². The SMILES string of the molecule is CN1CCn2c(ccc2C(F)(F)C(F)(F)F)C12CCN(C(=O)c1ccc(CC(C)(C)O)c(F)c1)CC2.[HH]. The molecule has 0 aliphatic carbocycles. The summed E-state index contributed by atoms with van der Waals surface area (Å²) in [6.45, 7) is 3.85. The molecule has 2 aromatic rings. The molecule has 1 fully saturated rings. The molecule has 1 saturated heterocycles. The van der Waals surface area contributed by atoms with Crippen molar-refractivity contribution in [2.45, 2.75) is 62.9 Å². The van der Waals surface area contributed by atoms with Crippen molar-refractivity contribution in [1.82, 2.24) is 14.4 Å². The van der Waals surface area contributed by atoms with Crippen LogP contribution in [-0.2, 0) is 24.4 Å². The Morgan fingerprint density at radius 2 is 1.67 bits per heavy atom. The summed E-state index contributed by atoms with van der Waals surface area (Å²) in [4.78, 5) is 16.5. The van der Waals surface area contributed by atoms with Crippen molar-refractivity contribution in [1.29, 1.82) is 0 Å². The fraction of sp³-hybridized carbons (Fsp3) is 0.560. The smallest absolute Gasteiger partial charge is 0.390 e. The fourth-order valence-corrected chi connectivity index (χ4v) is 5.38. The van der Waals surface area contributed by atoms with E-state index in [9.17, 15) is 36.2 Å². The highest BCUT2D eigenvalue weighted by molar-refractivity contribution is 5.94. The molecular formula is C25H31F6N3O2. The van der Waals surface area contributed by atoms with Crippen molar-refractivity contribution in [3.05, 3.63) is 58.7 Å².